The van der Waals surface area contributed by atoms with Gasteiger partial charge in [0.25, 0.3) is 0 Å². The first-order valence-electron chi connectivity index (χ1n) is 7.06. The first-order chi connectivity index (χ1) is 10.6. The molecule has 0 atom stereocenters. The smallest absolute Gasteiger partial charge is 0.161 e. The Kier molecular flexibility index (Phi) is 5.20. The van der Waals surface area contributed by atoms with Crippen LogP contribution in [-0.2, 0) is 6.42 Å². The van der Waals surface area contributed by atoms with E-state index in [1.165, 1.54) is 0 Å². The average molecular weight is 297 g/mol. The Hall–Kier alpha value is -2.75. The minimum atomic E-state index is 0.142. The Bertz CT molecular complexity index is 675. The van der Waals surface area contributed by atoms with E-state index in [1.807, 2.05) is 13.0 Å². The molecule has 2 aromatic carbocycles. The van der Waals surface area contributed by atoms with Gasteiger partial charge in [-0.3, -0.25) is 4.99 Å². The molecule has 0 saturated carbocycles. The van der Waals surface area contributed by atoms with Crippen molar-refractivity contribution in [3.05, 3.63) is 60.2 Å². The quantitative estimate of drug-likeness (QED) is 0.626. The van der Waals surface area contributed by atoms with Crippen LogP contribution in [-0.4, -0.2) is 23.0 Å². The van der Waals surface area contributed by atoms with E-state index in [4.69, 9.17) is 4.74 Å². The van der Waals surface area contributed by atoms with E-state index >= 15 is 0 Å². The van der Waals surface area contributed by atoms with Crippen LogP contribution in [0.1, 0.15) is 18.1 Å². The second-order valence-corrected chi connectivity index (χ2v) is 4.73. The predicted octanol–water partition coefficient (Wildman–Crippen LogP) is 3.98. The van der Waals surface area contributed by atoms with E-state index in [2.05, 4.69) is 11.6 Å². The van der Waals surface area contributed by atoms with Crippen LogP contribution in [0.4, 0.5) is 5.69 Å². The summed E-state index contributed by atoms with van der Waals surface area (Å²) in [6, 6.07) is 10.2. The van der Waals surface area contributed by atoms with Gasteiger partial charge in [0.2, 0.25) is 0 Å². The van der Waals surface area contributed by atoms with Crippen molar-refractivity contribution in [1.82, 2.24) is 0 Å². The number of rotatable bonds is 6. The molecule has 0 saturated heterocycles. The van der Waals surface area contributed by atoms with Gasteiger partial charge in [0.1, 0.15) is 5.75 Å². The monoisotopic (exact) mass is 297 g/mol. The molecule has 2 rings (SSSR count). The summed E-state index contributed by atoms with van der Waals surface area (Å²) in [6.07, 6.45) is 3.97. The number of aliphatic imine (C=N–C) groups is 1. The van der Waals surface area contributed by atoms with Crippen LogP contribution < -0.4 is 4.74 Å². The molecule has 0 amide bonds. The first kappa shape index (κ1) is 15.6. The largest absolute Gasteiger partial charge is 0.508 e. The van der Waals surface area contributed by atoms with Crippen molar-refractivity contribution in [3.8, 4) is 17.2 Å². The summed E-state index contributed by atoms with van der Waals surface area (Å²) in [5.74, 6) is 0.785. The number of hydrogen-bond acceptors (Lipinski definition) is 4. The molecule has 4 nitrogen and oxygen atoms in total. The van der Waals surface area contributed by atoms with Crippen molar-refractivity contribution in [2.75, 3.05) is 6.61 Å². The molecule has 2 aromatic rings. The van der Waals surface area contributed by atoms with Gasteiger partial charge in [-0.1, -0.05) is 6.08 Å². The second kappa shape index (κ2) is 7.31. The van der Waals surface area contributed by atoms with Gasteiger partial charge in [-0.05, 0) is 55.3 Å². The molecule has 22 heavy (non-hydrogen) atoms. The van der Waals surface area contributed by atoms with E-state index in [0.29, 0.717) is 18.8 Å². The van der Waals surface area contributed by atoms with Crippen LogP contribution in [0, 0.1) is 0 Å². The molecule has 0 spiro atoms. The van der Waals surface area contributed by atoms with Crippen molar-refractivity contribution >= 4 is 11.9 Å². The third-order valence-electron chi connectivity index (χ3n) is 3.05. The maximum Gasteiger partial charge on any atom is 0.161 e. The lowest BCUT2D eigenvalue weighted by atomic mass is 10.1. The molecular weight excluding hydrogens is 278 g/mol. The van der Waals surface area contributed by atoms with Gasteiger partial charge < -0.3 is 14.9 Å². The summed E-state index contributed by atoms with van der Waals surface area (Å²) in [5, 5.41) is 19.4. The third kappa shape index (κ3) is 3.88. The summed E-state index contributed by atoms with van der Waals surface area (Å²) < 4.78 is 5.45. The van der Waals surface area contributed by atoms with Gasteiger partial charge in [-0.15, -0.1) is 6.58 Å². The SMILES string of the molecule is C=CCc1cc(C=Nc2ccc(O)cc2)cc(OCC)c1O. The van der Waals surface area contributed by atoms with Crippen LogP contribution >= 0.6 is 0 Å². The number of allylic oxidation sites excluding steroid dienone is 1. The van der Waals surface area contributed by atoms with Crippen LogP contribution in [0.15, 0.2) is 54.0 Å². The van der Waals surface area contributed by atoms with Crippen LogP contribution in [0.3, 0.4) is 0 Å². The van der Waals surface area contributed by atoms with Gasteiger partial charge in [-0.25, -0.2) is 0 Å². The highest BCUT2D eigenvalue weighted by Gasteiger charge is 2.09. The number of aromatic hydroxyl groups is 2. The van der Waals surface area contributed by atoms with Crippen molar-refractivity contribution < 1.29 is 14.9 Å². The van der Waals surface area contributed by atoms with Crippen LogP contribution in [0.5, 0.6) is 17.2 Å². The van der Waals surface area contributed by atoms with E-state index in [1.54, 1.807) is 42.6 Å². The van der Waals surface area contributed by atoms with E-state index in [0.717, 1.165) is 16.8 Å². The molecule has 0 heterocycles. The number of ether oxygens (including phenoxy) is 1. The molecule has 0 unspecified atom stereocenters. The third-order valence-corrected chi connectivity index (χ3v) is 3.05. The zero-order valence-electron chi connectivity index (χ0n) is 12.5. The molecule has 0 fully saturated rings. The summed E-state index contributed by atoms with van der Waals surface area (Å²) in [6.45, 7) is 6.03. The minimum Gasteiger partial charge on any atom is -0.508 e. The molecule has 0 aliphatic carbocycles. The number of benzene rings is 2. The van der Waals surface area contributed by atoms with E-state index in [9.17, 15) is 10.2 Å². The zero-order valence-corrected chi connectivity index (χ0v) is 12.5. The Balaban J connectivity index is 2.32. The van der Waals surface area contributed by atoms with Gasteiger partial charge in [0.15, 0.2) is 11.5 Å². The molecule has 0 aromatic heterocycles. The predicted molar refractivity (Wildman–Crippen MR) is 88.5 cm³/mol. The van der Waals surface area contributed by atoms with Crippen molar-refractivity contribution in [2.45, 2.75) is 13.3 Å². The highest BCUT2D eigenvalue weighted by atomic mass is 16.5. The zero-order chi connectivity index (χ0) is 15.9. The maximum atomic E-state index is 10.1. The Morgan fingerprint density at radius 1 is 1.18 bits per heavy atom. The van der Waals surface area contributed by atoms with Crippen LogP contribution in [0.2, 0.25) is 0 Å². The standard InChI is InChI=1S/C18H19NO3/c1-3-5-14-10-13(11-17(18(14)21)22-4-2)12-19-15-6-8-16(20)9-7-15/h3,6-12,20-21H,1,4-5H2,2H3. The first-order valence-corrected chi connectivity index (χ1v) is 7.06. The van der Waals surface area contributed by atoms with Gasteiger partial charge in [0, 0.05) is 11.8 Å². The fourth-order valence-corrected chi connectivity index (χ4v) is 2.03. The molecule has 0 radical (unpaired) electrons. The highest BCUT2D eigenvalue weighted by molar-refractivity contribution is 5.83. The lowest BCUT2D eigenvalue weighted by molar-refractivity contribution is 0.317. The highest BCUT2D eigenvalue weighted by Crippen LogP contribution is 2.32. The maximum absolute atomic E-state index is 10.1. The number of phenolic OH excluding ortho intramolecular Hbond substituents is 2. The van der Waals surface area contributed by atoms with Crippen molar-refractivity contribution in [3.63, 3.8) is 0 Å². The fraction of sp³-hybridized carbons (Fsp3) is 0.167. The van der Waals surface area contributed by atoms with Gasteiger partial charge >= 0.3 is 0 Å². The average Bonchev–Trinajstić information content (AvgIpc) is 2.51. The lowest BCUT2D eigenvalue weighted by Gasteiger charge is -2.10. The van der Waals surface area contributed by atoms with E-state index < -0.39 is 0 Å². The summed E-state index contributed by atoms with van der Waals surface area (Å²) in [5.41, 5.74) is 2.30. The number of phenols is 2. The Labute approximate surface area is 130 Å². The summed E-state index contributed by atoms with van der Waals surface area (Å²) in [7, 11) is 0. The topological polar surface area (TPSA) is 62.1 Å². The minimum absolute atomic E-state index is 0.142. The molecule has 4 heteroatoms. The molecule has 0 aliphatic heterocycles. The normalized spacial score (nSPS) is 10.8. The fourth-order valence-electron chi connectivity index (χ4n) is 2.03. The van der Waals surface area contributed by atoms with E-state index in [-0.39, 0.29) is 11.5 Å². The van der Waals surface area contributed by atoms with Gasteiger partial charge in [0.05, 0.1) is 12.3 Å². The summed E-state index contributed by atoms with van der Waals surface area (Å²) >= 11 is 0. The number of hydrogen-bond donors (Lipinski definition) is 2. The number of nitrogens with zero attached hydrogens (tertiary/aromatic N) is 1. The summed E-state index contributed by atoms with van der Waals surface area (Å²) in [4.78, 5) is 4.35. The molecule has 0 bridgehead atoms. The Morgan fingerprint density at radius 3 is 2.55 bits per heavy atom. The molecule has 114 valence electrons. The molecule has 0 aliphatic rings. The van der Waals surface area contributed by atoms with Crippen molar-refractivity contribution in [1.29, 1.82) is 0 Å². The molecular formula is C18H19NO3. The van der Waals surface area contributed by atoms with Gasteiger partial charge in [-0.2, -0.15) is 0 Å². The Morgan fingerprint density at radius 2 is 1.91 bits per heavy atom. The lowest BCUT2D eigenvalue weighted by Crippen LogP contribution is -1.96. The molecule has 2 N–H and O–H groups in total. The van der Waals surface area contributed by atoms with Crippen molar-refractivity contribution in [2.24, 2.45) is 4.99 Å². The second-order valence-electron chi connectivity index (χ2n) is 4.73. The van der Waals surface area contributed by atoms with Crippen LogP contribution in [0.25, 0.3) is 0 Å².